The molecule has 1 amide bonds. The van der Waals surface area contributed by atoms with Crippen LogP contribution in [0.2, 0.25) is 0 Å². The van der Waals surface area contributed by atoms with Gasteiger partial charge >= 0.3 is 0 Å². The smallest absolute Gasteiger partial charge is 0.255 e. The number of carbonyl (C=O) groups excluding carboxylic acids is 1. The lowest BCUT2D eigenvalue weighted by atomic mass is 9.87. The van der Waals surface area contributed by atoms with Crippen LogP contribution in [-0.4, -0.2) is 17.5 Å². The van der Waals surface area contributed by atoms with Crippen LogP contribution >= 0.6 is 0 Å². The molecule has 0 bridgehead atoms. The fourth-order valence-corrected chi connectivity index (χ4v) is 3.74. The van der Waals surface area contributed by atoms with Crippen molar-refractivity contribution in [2.24, 2.45) is 5.92 Å². The predicted molar refractivity (Wildman–Crippen MR) is 105 cm³/mol. The van der Waals surface area contributed by atoms with Crippen molar-refractivity contribution in [3.8, 4) is 5.75 Å². The molecule has 2 N–H and O–H groups in total. The van der Waals surface area contributed by atoms with Crippen molar-refractivity contribution in [3.63, 3.8) is 0 Å². The van der Waals surface area contributed by atoms with Gasteiger partial charge in [0.1, 0.15) is 5.75 Å². The molecule has 1 aliphatic carbocycles. The number of fused-ring (bicyclic) bond motifs is 3. The highest BCUT2D eigenvalue weighted by Crippen LogP contribution is 2.32. The van der Waals surface area contributed by atoms with Gasteiger partial charge in [-0.1, -0.05) is 6.92 Å². The summed E-state index contributed by atoms with van der Waals surface area (Å²) in [6, 6.07) is 13.4. The number of aromatic nitrogens is 1. The molecular weight excluding hydrogens is 324 g/mol. The second kappa shape index (κ2) is 6.87. The molecule has 4 nitrogen and oxygen atoms in total. The molecule has 0 unspecified atom stereocenters. The van der Waals surface area contributed by atoms with Crippen LogP contribution in [0.3, 0.4) is 0 Å². The van der Waals surface area contributed by atoms with Gasteiger partial charge in [0.2, 0.25) is 0 Å². The highest BCUT2D eigenvalue weighted by atomic mass is 16.5. The number of hydrogen-bond donors (Lipinski definition) is 2. The summed E-state index contributed by atoms with van der Waals surface area (Å²) in [5.41, 5.74) is 5.30. The molecule has 0 saturated heterocycles. The van der Waals surface area contributed by atoms with E-state index in [1.54, 1.807) is 0 Å². The predicted octanol–water partition coefficient (Wildman–Crippen LogP) is 4.94. The van der Waals surface area contributed by atoms with Gasteiger partial charge in [-0.05, 0) is 80.1 Å². The zero-order valence-corrected chi connectivity index (χ0v) is 15.3. The Morgan fingerprint density at radius 3 is 2.81 bits per heavy atom. The van der Waals surface area contributed by atoms with Gasteiger partial charge in [0, 0.05) is 27.8 Å². The number of hydrogen-bond acceptors (Lipinski definition) is 2. The number of ether oxygens (including phenoxy) is 1. The third-order valence-corrected chi connectivity index (χ3v) is 5.12. The largest absolute Gasteiger partial charge is 0.494 e. The number of anilines is 1. The summed E-state index contributed by atoms with van der Waals surface area (Å²) in [7, 11) is 0. The van der Waals surface area contributed by atoms with E-state index < -0.39 is 0 Å². The first-order valence-corrected chi connectivity index (χ1v) is 9.31. The fraction of sp³-hybridized carbons (Fsp3) is 0.318. The van der Waals surface area contributed by atoms with Crippen molar-refractivity contribution in [2.75, 3.05) is 11.9 Å². The number of benzene rings is 2. The van der Waals surface area contributed by atoms with Gasteiger partial charge in [0.05, 0.1) is 6.61 Å². The molecular formula is C22H24N2O2. The van der Waals surface area contributed by atoms with Gasteiger partial charge < -0.3 is 15.0 Å². The minimum atomic E-state index is -0.0881. The number of aromatic amines is 1. The molecule has 134 valence electrons. The molecule has 0 saturated carbocycles. The number of carbonyl (C=O) groups is 1. The van der Waals surface area contributed by atoms with E-state index >= 15 is 0 Å². The van der Waals surface area contributed by atoms with Crippen LogP contribution in [0.4, 0.5) is 5.69 Å². The van der Waals surface area contributed by atoms with Crippen LogP contribution in [0, 0.1) is 5.92 Å². The molecule has 1 atom stereocenters. The third-order valence-electron chi connectivity index (χ3n) is 5.12. The quantitative estimate of drug-likeness (QED) is 0.701. The van der Waals surface area contributed by atoms with Crippen molar-refractivity contribution in [1.29, 1.82) is 0 Å². The number of aryl methyl sites for hydroxylation is 1. The molecule has 0 aliphatic heterocycles. The lowest BCUT2D eigenvalue weighted by Gasteiger charge is -2.18. The van der Waals surface area contributed by atoms with Gasteiger partial charge in [-0.25, -0.2) is 0 Å². The van der Waals surface area contributed by atoms with Crippen LogP contribution in [0.1, 0.15) is 41.9 Å². The zero-order valence-electron chi connectivity index (χ0n) is 15.3. The van der Waals surface area contributed by atoms with Crippen molar-refractivity contribution < 1.29 is 9.53 Å². The summed E-state index contributed by atoms with van der Waals surface area (Å²) in [6.07, 6.45) is 3.41. The van der Waals surface area contributed by atoms with Gasteiger partial charge in [-0.2, -0.15) is 0 Å². The van der Waals surface area contributed by atoms with E-state index in [9.17, 15) is 4.79 Å². The minimum Gasteiger partial charge on any atom is -0.494 e. The maximum absolute atomic E-state index is 12.7. The van der Waals surface area contributed by atoms with E-state index in [0.717, 1.165) is 29.8 Å². The Morgan fingerprint density at radius 2 is 2.04 bits per heavy atom. The number of nitrogens with one attached hydrogen (secondary N) is 2. The lowest BCUT2D eigenvalue weighted by molar-refractivity contribution is 0.102. The Hall–Kier alpha value is -2.75. The Kier molecular flexibility index (Phi) is 4.41. The van der Waals surface area contributed by atoms with Crippen LogP contribution < -0.4 is 10.1 Å². The van der Waals surface area contributed by atoms with Crippen molar-refractivity contribution in [1.82, 2.24) is 4.98 Å². The van der Waals surface area contributed by atoms with Gasteiger partial charge in [0.25, 0.3) is 5.91 Å². The minimum absolute atomic E-state index is 0.0881. The molecule has 4 heteroatoms. The highest BCUT2D eigenvalue weighted by Gasteiger charge is 2.20. The van der Waals surface area contributed by atoms with Crippen LogP contribution in [0.5, 0.6) is 5.75 Å². The van der Waals surface area contributed by atoms with Crippen molar-refractivity contribution in [2.45, 2.75) is 33.1 Å². The first kappa shape index (κ1) is 16.7. The molecule has 2 aromatic carbocycles. The topological polar surface area (TPSA) is 54.1 Å². The Morgan fingerprint density at radius 1 is 1.23 bits per heavy atom. The second-order valence-electron chi connectivity index (χ2n) is 7.10. The van der Waals surface area contributed by atoms with E-state index in [-0.39, 0.29) is 5.91 Å². The van der Waals surface area contributed by atoms with E-state index in [0.29, 0.717) is 18.1 Å². The average molecular weight is 348 g/mol. The second-order valence-corrected chi connectivity index (χ2v) is 7.10. The summed E-state index contributed by atoms with van der Waals surface area (Å²) >= 11 is 0. The van der Waals surface area contributed by atoms with Crippen molar-refractivity contribution in [3.05, 3.63) is 59.3 Å². The summed E-state index contributed by atoms with van der Waals surface area (Å²) in [4.78, 5) is 16.2. The molecule has 1 aliphatic rings. The maximum atomic E-state index is 12.7. The summed E-state index contributed by atoms with van der Waals surface area (Å²) in [5.74, 6) is 1.41. The first-order chi connectivity index (χ1) is 12.6. The summed E-state index contributed by atoms with van der Waals surface area (Å²) in [5, 5.41) is 4.15. The fourth-order valence-electron chi connectivity index (χ4n) is 3.74. The lowest BCUT2D eigenvalue weighted by Crippen LogP contribution is -2.12. The Bertz CT molecular complexity index is 941. The van der Waals surface area contributed by atoms with E-state index in [4.69, 9.17) is 4.74 Å². The summed E-state index contributed by atoms with van der Waals surface area (Å²) in [6.45, 7) is 4.88. The standard InChI is InChI=1S/C22H24N2O2/c1-3-26-17-8-6-16(7-9-17)23-22(25)15-5-11-21-19(13-15)18-12-14(2)4-10-20(18)24-21/h5-9,11,13-14,24H,3-4,10,12H2,1-2H3,(H,23,25)/t14-/m1/s1. The van der Waals surface area contributed by atoms with E-state index in [1.165, 1.54) is 23.1 Å². The molecule has 4 rings (SSSR count). The first-order valence-electron chi connectivity index (χ1n) is 9.31. The number of amides is 1. The monoisotopic (exact) mass is 348 g/mol. The number of H-pyrrole nitrogens is 1. The van der Waals surface area contributed by atoms with Gasteiger partial charge in [-0.3, -0.25) is 4.79 Å². The zero-order chi connectivity index (χ0) is 18.1. The number of rotatable bonds is 4. The Balaban J connectivity index is 1.57. The third kappa shape index (κ3) is 3.19. The normalized spacial score (nSPS) is 16.3. The molecule has 1 heterocycles. The van der Waals surface area contributed by atoms with Crippen LogP contribution in [-0.2, 0) is 12.8 Å². The summed E-state index contributed by atoms with van der Waals surface area (Å²) < 4.78 is 5.44. The van der Waals surface area contributed by atoms with Gasteiger partial charge in [-0.15, -0.1) is 0 Å². The highest BCUT2D eigenvalue weighted by molar-refractivity contribution is 6.06. The van der Waals surface area contributed by atoms with Gasteiger partial charge in [0.15, 0.2) is 0 Å². The van der Waals surface area contributed by atoms with Crippen LogP contribution in [0.15, 0.2) is 42.5 Å². The molecule has 3 aromatic rings. The Labute approximate surface area is 153 Å². The molecule has 0 radical (unpaired) electrons. The SMILES string of the molecule is CCOc1ccc(NC(=O)c2ccc3[nH]c4c(c3c2)C[C@H](C)CC4)cc1. The van der Waals surface area contributed by atoms with E-state index in [2.05, 4.69) is 17.2 Å². The molecule has 26 heavy (non-hydrogen) atoms. The molecule has 0 fully saturated rings. The van der Waals surface area contributed by atoms with E-state index in [1.807, 2.05) is 49.4 Å². The molecule has 1 aromatic heterocycles. The molecule has 0 spiro atoms. The maximum Gasteiger partial charge on any atom is 0.255 e. The van der Waals surface area contributed by atoms with Crippen molar-refractivity contribution >= 4 is 22.5 Å². The van der Waals surface area contributed by atoms with Crippen LogP contribution in [0.25, 0.3) is 10.9 Å². The average Bonchev–Trinajstić information content (AvgIpc) is 3.00.